The van der Waals surface area contributed by atoms with E-state index in [4.69, 9.17) is 5.73 Å². The van der Waals surface area contributed by atoms with Crippen LogP contribution in [0.1, 0.15) is 23.5 Å². The van der Waals surface area contributed by atoms with Gasteiger partial charge in [-0.25, -0.2) is 13.2 Å². The van der Waals surface area contributed by atoms with Crippen LogP contribution in [-0.2, 0) is 0 Å². The zero-order valence-corrected chi connectivity index (χ0v) is 10.2. The summed E-state index contributed by atoms with van der Waals surface area (Å²) in [7, 11) is 0. The maximum atomic E-state index is 13.3. The van der Waals surface area contributed by atoms with Gasteiger partial charge >= 0.3 is 0 Å². The van der Waals surface area contributed by atoms with Gasteiger partial charge in [0, 0.05) is 12.0 Å². The normalized spacial score (nSPS) is 12.4. The molecule has 0 aliphatic heterocycles. The second kappa shape index (κ2) is 5.89. The summed E-state index contributed by atoms with van der Waals surface area (Å²) in [4.78, 5) is 0. The second-order valence-corrected chi connectivity index (χ2v) is 4.39. The number of nitrogens with two attached hydrogens (primary N) is 1. The Kier molecular flexibility index (Phi) is 4.22. The predicted molar refractivity (Wildman–Crippen MR) is 68.3 cm³/mol. The lowest BCUT2D eigenvalue weighted by Crippen LogP contribution is -2.09. The molecular formula is C15H14F3N. The molecular weight excluding hydrogens is 251 g/mol. The summed E-state index contributed by atoms with van der Waals surface area (Å²) in [5, 5.41) is 0. The van der Waals surface area contributed by atoms with Gasteiger partial charge in [-0.1, -0.05) is 12.1 Å². The van der Waals surface area contributed by atoms with E-state index in [9.17, 15) is 13.2 Å². The molecule has 1 unspecified atom stereocenters. The Hall–Kier alpha value is -1.81. The van der Waals surface area contributed by atoms with E-state index in [0.29, 0.717) is 24.1 Å². The highest BCUT2D eigenvalue weighted by molar-refractivity contribution is 5.33. The summed E-state index contributed by atoms with van der Waals surface area (Å²) in [5.74, 6) is -1.98. The SMILES string of the molecule is NCCC(c1cccc(F)c1)c1cc(F)cc(F)c1. The number of halogens is 3. The van der Waals surface area contributed by atoms with Crippen molar-refractivity contribution in [3.8, 4) is 0 Å². The van der Waals surface area contributed by atoms with Crippen LogP contribution >= 0.6 is 0 Å². The lowest BCUT2D eigenvalue weighted by atomic mass is 9.88. The van der Waals surface area contributed by atoms with Crippen molar-refractivity contribution in [3.05, 3.63) is 71.0 Å². The van der Waals surface area contributed by atoms with Crippen LogP contribution in [0.2, 0.25) is 0 Å². The fraction of sp³-hybridized carbons (Fsp3) is 0.200. The molecule has 0 aliphatic rings. The summed E-state index contributed by atoms with van der Waals surface area (Å²) < 4.78 is 39.8. The highest BCUT2D eigenvalue weighted by Crippen LogP contribution is 2.29. The molecule has 19 heavy (non-hydrogen) atoms. The van der Waals surface area contributed by atoms with E-state index in [2.05, 4.69) is 0 Å². The minimum absolute atomic E-state index is 0.314. The molecule has 2 rings (SSSR count). The van der Waals surface area contributed by atoms with Gasteiger partial charge in [0.1, 0.15) is 17.5 Å². The molecule has 0 heterocycles. The summed E-state index contributed by atoms with van der Waals surface area (Å²) in [6.45, 7) is 0.347. The highest BCUT2D eigenvalue weighted by atomic mass is 19.1. The van der Waals surface area contributed by atoms with E-state index in [-0.39, 0.29) is 11.7 Å². The summed E-state index contributed by atoms with van der Waals surface area (Å²) >= 11 is 0. The van der Waals surface area contributed by atoms with Crippen LogP contribution in [0.5, 0.6) is 0 Å². The molecule has 0 aromatic heterocycles. The minimum atomic E-state index is -0.645. The van der Waals surface area contributed by atoms with Crippen molar-refractivity contribution < 1.29 is 13.2 Å². The average molecular weight is 265 g/mol. The third-order valence-corrected chi connectivity index (χ3v) is 2.99. The van der Waals surface area contributed by atoms with Crippen LogP contribution in [0.4, 0.5) is 13.2 Å². The molecule has 100 valence electrons. The summed E-state index contributed by atoms with van der Waals surface area (Å²) in [5.41, 5.74) is 6.67. The van der Waals surface area contributed by atoms with Crippen LogP contribution in [0, 0.1) is 17.5 Å². The first-order chi connectivity index (χ1) is 9.10. The average Bonchev–Trinajstić information content (AvgIpc) is 2.34. The van der Waals surface area contributed by atoms with Gasteiger partial charge in [-0.2, -0.15) is 0 Å². The molecule has 4 heteroatoms. The van der Waals surface area contributed by atoms with Crippen molar-refractivity contribution in [2.24, 2.45) is 5.73 Å². The Morgan fingerprint density at radius 1 is 0.842 bits per heavy atom. The molecule has 2 aromatic carbocycles. The molecule has 0 spiro atoms. The molecule has 0 aliphatic carbocycles. The van der Waals surface area contributed by atoms with Gasteiger partial charge in [-0.3, -0.25) is 0 Å². The quantitative estimate of drug-likeness (QED) is 0.898. The Morgan fingerprint density at radius 3 is 2.05 bits per heavy atom. The topological polar surface area (TPSA) is 26.0 Å². The first-order valence-electron chi connectivity index (χ1n) is 6.01. The van der Waals surface area contributed by atoms with Gasteiger partial charge in [0.2, 0.25) is 0 Å². The standard InChI is InChI=1S/C15H14F3N/c16-12-3-1-2-10(6-12)15(4-5-19)11-7-13(17)9-14(18)8-11/h1-3,6-9,15H,4-5,19H2. The first-order valence-corrected chi connectivity index (χ1v) is 6.01. The summed E-state index contributed by atoms with van der Waals surface area (Å²) in [6, 6.07) is 9.32. The van der Waals surface area contributed by atoms with Gasteiger partial charge in [-0.05, 0) is 48.4 Å². The number of hydrogen-bond donors (Lipinski definition) is 1. The Labute approximate surface area is 109 Å². The fourth-order valence-corrected chi connectivity index (χ4v) is 2.19. The van der Waals surface area contributed by atoms with E-state index in [1.54, 1.807) is 12.1 Å². The largest absolute Gasteiger partial charge is 0.330 e. The fourth-order valence-electron chi connectivity index (χ4n) is 2.19. The van der Waals surface area contributed by atoms with Crippen molar-refractivity contribution in [2.45, 2.75) is 12.3 Å². The molecule has 0 amide bonds. The molecule has 0 bridgehead atoms. The third-order valence-electron chi connectivity index (χ3n) is 2.99. The van der Waals surface area contributed by atoms with Crippen molar-refractivity contribution >= 4 is 0 Å². The van der Waals surface area contributed by atoms with E-state index < -0.39 is 11.6 Å². The van der Waals surface area contributed by atoms with Crippen LogP contribution in [-0.4, -0.2) is 6.54 Å². The maximum absolute atomic E-state index is 13.3. The number of rotatable bonds is 4. The van der Waals surface area contributed by atoms with Crippen LogP contribution in [0.25, 0.3) is 0 Å². The van der Waals surface area contributed by atoms with Crippen molar-refractivity contribution in [1.29, 1.82) is 0 Å². The van der Waals surface area contributed by atoms with Gasteiger partial charge in [-0.15, -0.1) is 0 Å². The van der Waals surface area contributed by atoms with E-state index >= 15 is 0 Å². The molecule has 0 saturated heterocycles. The third kappa shape index (κ3) is 3.35. The Bertz CT molecular complexity index is 549. The zero-order valence-electron chi connectivity index (χ0n) is 10.2. The molecule has 2 N–H and O–H groups in total. The number of hydrogen-bond acceptors (Lipinski definition) is 1. The Balaban J connectivity index is 2.44. The van der Waals surface area contributed by atoms with E-state index in [1.165, 1.54) is 24.3 Å². The molecule has 1 atom stereocenters. The smallest absolute Gasteiger partial charge is 0.126 e. The van der Waals surface area contributed by atoms with Crippen molar-refractivity contribution in [3.63, 3.8) is 0 Å². The van der Waals surface area contributed by atoms with Gasteiger partial charge in [0.25, 0.3) is 0 Å². The number of benzene rings is 2. The molecule has 0 fully saturated rings. The minimum Gasteiger partial charge on any atom is -0.330 e. The molecule has 0 radical (unpaired) electrons. The second-order valence-electron chi connectivity index (χ2n) is 4.39. The first kappa shape index (κ1) is 13.6. The Morgan fingerprint density at radius 2 is 1.47 bits per heavy atom. The van der Waals surface area contributed by atoms with Crippen molar-refractivity contribution in [1.82, 2.24) is 0 Å². The van der Waals surface area contributed by atoms with Crippen molar-refractivity contribution in [2.75, 3.05) is 6.54 Å². The molecule has 2 aromatic rings. The lowest BCUT2D eigenvalue weighted by Gasteiger charge is -2.17. The monoisotopic (exact) mass is 265 g/mol. The van der Waals surface area contributed by atoms with E-state index in [0.717, 1.165) is 6.07 Å². The molecule has 0 saturated carbocycles. The zero-order chi connectivity index (χ0) is 13.8. The predicted octanol–water partition coefficient (Wildman–Crippen LogP) is 3.58. The van der Waals surface area contributed by atoms with Gasteiger partial charge in [0.05, 0.1) is 0 Å². The lowest BCUT2D eigenvalue weighted by molar-refractivity contribution is 0.574. The molecule has 1 nitrogen and oxygen atoms in total. The maximum Gasteiger partial charge on any atom is 0.126 e. The summed E-state index contributed by atoms with van der Waals surface area (Å²) in [6.07, 6.45) is 0.492. The van der Waals surface area contributed by atoms with Gasteiger partial charge in [0.15, 0.2) is 0 Å². The van der Waals surface area contributed by atoms with E-state index in [1.807, 2.05) is 0 Å². The van der Waals surface area contributed by atoms with Crippen LogP contribution in [0.3, 0.4) is 0 Å². The van der Waals surface area contributed by atoms with Gasteiger partial charge < -0.3 is 5.73 Å². The van der Waals surface area contributed by atoms with Crippen LogP contribution in [0.15, 0.2) is 42.5 Å². The van der Waals surface area contributed by atoms with Crippen LogP contribution < -0.4 is 5.73 Å². The highest BCUT2D eigenvalue weighted by Gasteiger charge is 2.16.